The lowest BCUT2D eigenvalue weighted by molar-refractivity contribution is 0.189. The van der Waals surface area contributed by atoms with Crippen LogP contribution in [0.15, 0.2) is 12.2 Å². The van der Waals surface area contributed by atoms with Crippen molar-refractivity contribution in [1.29, 1.82) is 0 Å². The van der Waals surface area contributed by atoms with Crippen LogP contribution in [-0.2, 0) is 0 Å². The van der Waals surface area contributed by atoms with Crippen LogP contribution in [0, 0.1) is 0 Å². The molecule has 0 N–H and O–H groups in total. The Kier molecular flexibility index (Phi) is 1.76. The molecular weight excluding hydrogens is 153 g/mol. The van der Waals surface area contributed by atoms with Crippen molar-refractivity contribution in [3.63, 3.8) is 0 Å². The summed E-state index contributed by atoms with van der Waals surface area (Å²) in [5.41, 5.74) is 1.43. The SMILES string of the molecule is C=C1CN2C[C@H](F)CC2(CC)C1. The highest BCUT2D eigenvalue weighted by molar-refractivity contribution is 5.18. The van der Waals surface area contributed by atoms with E-state index in [9.17, 15) is 4.39 Å². The molecule has 2 atom stereocenters. The maximum absolute atomic E-state index is 13.1. The van der Waals surface area contributed by atoms with E-state index >= 15 is 0 Å². The summed E-state index contributed by atoms with van der Waals surface area (Å²) in [6.45, 7) is 7.70. The maximum atomic E-state index is 13.1. The lowest BCUT2D eigenvalue weighted by Crippen LogP contribution is -2.37. The van der Waals surface area contributed by atoms with Gasteiger partial charge in [0, 0.05) is 18.6 Å². The van der Waals surface area contributed by atoms with E-state index in [1.54, 1.807) is 0 Å². The summed E-state index contributed by atoms with van der Waals surface area (Å²) in [4.78, 5) is 2.28. The highest BCUT2D eigenvalue weighted by Crippen LogP contribution is 2.43. The minimum atomic E-state index is -0.599. The highest BCUT2D eigenvalue weighted by atomic mass is 19.1. The summed E-state index contributed by atoms with van der Waals surface area (Å²) in [5, 5.41) is 0. The quantitative estimate of drug-likeness (QED) is 0.543. The summed E-state index contributed by atoms with van der Waals surface area (Å²) >= 11 is 0. The predicted molar refractivity (Wildman–Crippen MR) is 47.9 cm³/mol. The van der Waals surface area contributed by atoms with Crippen molar-refractivity contribution in [3.8, 4) is 0 Å². The fraction of sp³-hybridized carbons (Fsp3) is 0.800. The normalized spacial score (nSPS) is 42.2. The van der Waals surface area contributed by atoms with Crippen LogP contribution in [-0.4, -0.2) is 29.7 Å². The summed E-state index contributed by atoms with van der Waals surface area (Å²) < 4.78 is 13.1. The number of fused-ring (bicyclic) bond motifs is 1. The second kappa shape index (κ2) is 2.56. The van der Waals surface area contributed by atoms with E-state index in [1.165, 1.54) is 5.57 Å². The predicted octanol–water partition coefficient (Wildman–Crippen LogP) is 2.14. The molecule has 1 nitrogen and oxygen atoms in total. The Hall–Kier alpha value is -0.370. The van der Waals surface area contributed by atoms with E-state index in [2.05, 4.69) is 18.4 Å². The van der Waals surface area contributed by atoms with Gasteiger partial charge < -0.3 is 0 Å². The zero-order valence-corrected chi connectivity index (χ0v) is 7.65. The Bertz CT molecular complexity index is 214. The molecule has 2 heteroatoms. The van der Waals surface area contributed by atoms with E-state index in [0.717, 1.165) is 25.8 Å². The summed E-state index contributed by atoms with van der Waals surface area (Å²) in [5.74, 6) is 0. The molecule has 0 spiro atoms. The van der Waals surface area contributed by atoms with Gasteiger partial charge in [0.1, 0.15) is 6.17 Å². The smallest absolute Gasteiger partial charge is 0.115 e. The van der Waals surface area contributed by atoms with Gasteiger partial charge in [-0.2, -0.15) is 0 Å². The molecule has 0 aromatic heterocycles. The molecule has 0 aromatic carbocycles. The van der Waals surface area contributed by atoms with Crippen LogP contribution in [0.5, 0.6) is 0 Å². The van der Waals surface area contributed by atoms with E-state index in [0.29, 0.717) is 6.54 Å². The topological polar surface area (TPSA) is 3.24 Å². The molecule has 68 valence electrons. The summed E-state index contributed by atoms with van der Waals surface area (Å²) in [6, 6.07) is 0. The second-order valence-electron chi connectivity index (χ2n) is 4.19. The molecule has 0 saturated carbocycles. The fourth-order valence-corrected chi connectivity index (χ4v) is 2.74. The number of hydrogen-bond acceptors (Lipinski definition) is 1. The molecule has 2 saturated heterocycles. The van der Waals surface area contributed by atoms with Crippen LogP contribution in [0.2, 0.25) is 0 Å². The molecule has 2 heterocycles. The van der Waals surface area contributed by atoms with Gasteiger partial charge in [-0.15, -0.1) is 0 Å². The summed E-state index contributed by atoms with van der Waals surface area (Å²) in [6.07, 6.45) is 2.21. The van der Waals surface area contributed by atoms with Crippen LogP contribution in [0.4, 0.5) is 4.39 Å². The number of hydrogen-bond donors (Lipinski definition) is 0. The number of rotatable bonds is 1. The van der Waals surface area contributed by atoms with Gasteiger partial charge in [-0.05, 0) is 19.3 Å². The molecular formula is C10H16FN. The van der Waals surface area contributed by atoms with Crippen LogP contribution in [0.1, 0.15) is 26.2 Å². The lowest BCUT2D eigenvalue weighted by atomic mass is 9.90. The average molecular weight is 169 g/mol. The zero-order chi connectivity index (χ0) is 8.77. The molecule has 0 radical (unpaired) electrons. The van der Waals surface area contributed by atoms with Gasteiger partial charge in [0.25, 0.3) is 0 Å². The van der Waals surface area contributed by atoms with E-state index in [4.69, 9.17) is 0 Å². The second-order valence-corrected chi connectivity index (χ2v) is 4.19. The highest BCUT2D eigenvalue weighted by Gasteiger charge is 2.48. The van der Waals surface area contributed by atoms with E-state index in [1.807, 2.05) is 0 Å². The van der Waals surface area contributed by atoms with Crippen molar-refractivity contribution in [3.05, 3.63) is 12.2 Å². The molecule has 0 aliphatic carbocycles. The van der Waals surface area contributed by atoms with Crippen molar-refractivity contribution in [2.45, 2.75) is 37.9 Å². The lowest BCUT2D eigenvalue weighted by Gasteiger charge is -2.29. The molecule has 0 amide bonds. The number of nitrogens with zero attached hydrogens (tertiary/aromatic N) is 1. The fourth-order valence-electron chi connectivity index (χ4n) is 2.74. The molecule has 0 bridgehead atoms. The van der Waals surface area contributed by atoms with Crippen molar-refractivity contribution in [1.82, 2.24) is 4.90 Å². The molecule has 0 aromatic rings. The Labute approximate surface area is 73.2 Å². The third-order valence-electron chi connectivity index (χ3n) is 3.34. The zero-order valence-electron chi connectivity index (χ0n) is 7.65. The van der Waals surface area contributed by atoms with Gasteiger partial charge in [0.2, 0.25) is 0 Å². The van der Waals surface area contributed by atoms with Gasteiger partial charge >= 0.3 is 0 Å². The monoisotopic (exact) mass is 169 g/mol. The molecule has 2 rings (SSSR count). The first-order valence-electron chi connectivity index (χ1n) is 4.72. The standard InChI is InChI=1S/C10H16FN/c1-3-10-4-8(2)6-12(10)7-9(11)5-10/h9H,2-7H2,1H3/t9-,10?/m1/s1. The first-order chi connectivity index (χ1) is 5.66. The Balaban J connectivity index is 2.21. The Morgan fingerprint density at radius 3 is 3.08 bits per heavy atom. The Morgan fingerprint density at radius 2 is 2.50 bits per heavy atom. The third-order valence-corrected chi connectivity index (χ3v) is 3.34. The molecule has 2 aliphatic heterocycles. The molecule has 2 aliphatic rings. The van der Waals surface area contributed by atoms with Gasteiger partial charge in [0.15, 0.2) is 0 Å². The largest absolute Gasteiger partial charge is 0.290 e. The number of halogens is 1. The van der Waals surface area contributed by atoms with Crippen LogP contribution in [0.3, 0.4) is 0 Å². The van der Waals surface area contributed by atoms with Crippen molar-refractivity contribution >= 4 is 0 Å². The molecule has 12 heavy (non-hydrogen) atoms. The van der Waals surface area contributed by atoms with Crippen molar-refractivity contribution in [2.24, 2.45) is 0 Å². The van der Waals surface area contributed by atoms with Gasteiger partial charge in [0.05, 0.1) is 0 Å². The summed E-state index contributed by atoms with van der Waals surface area (Å²) in [7, 11) is 0. The van der Waals surface area contributed by atoms with Crippen LogP contribution >= 0.6 is 0 Å². The molecule has 1 unspecified atom stereocenters. The third kappa shape index (κ3) is 1.01. The van der Waals surface area contributed by atoms with E-state index in [-0.39, 0.29) is 5.54 Å². The number of alkyl halides is 1. The van der Waals surface area contributed by atoms with Crippen LogP contribution in [0.25, 0.3) is 0 Å². The van der Waals surface area contributed by atoms with Gasteiger partial charge in [-0.1, -0.05) is 19.1 Å². The maximum Gasteiger partial charge on any atom is 0.115 e. The Morgan fingerprint density at radius 1 is 1.75 bits per heavy atom. The van der Waals surface area contributed by atoms with Gasteiger partial charge in [-0.25, -0.2) is 4.39 Å². The average Bonchev–Trinajstić information content (AvgIpc) is 2.40. The van der Waals surface area contributed by atoms with Gasteiger partial charge in [-0.3, -0.25) is 4.90 Å². The van der Waals surface area contributed by atoms with Crippen molar-refractivity contribution in [2.75, 3.05) is 13.1 Å². The van der Waals surface area contributed by atoms with Crippen LogP contribution < -0.4 is 0 Å². The first kappa shape index (κ1) is 8.24. The van der Waals surface area contributed by atoms with E-state index < -0.39 is 6.17 Å². The first-order valence-corrected chi connectivity index (χ1v) is 4.72. The van der Waals surface area contributed by atoms with Crippen molar-refractivity contribution < 1.29 is 4.39 Å². The minimum Gasteiger partial charge on any atom is -0.290 e. The molecule has 2 fully saturated rings. The minimum absolute atomic E-state index is 0.149.